The lowest BCUT2D eigenvalue weighted by Gasteiger charge is -2.14. The van der Waals surface area contributed by atoms with E-state index in [1.165, 1.54) is 5.56 Å². The molecule has 0 fully saturated rings. The second kappa shape index (κ2) is 7.40. The highest BCUT2D eigenvalue weighted by atomic mass is 35.5. The van der Waals surface area contributed by atoms with Crippen molar-refractivity contribution in [1.82, 2.24) is 5.32 Å². The first kappa shape index (κ1) is 17.7. The van der Waals surface area contributed by atoms with Gasteiger partial charge in [-0.3, -0.25) is 9.59 Å². The van der Waals surface area contributed by atoms with Crippen LogP contribution in [-0.4, -0.2) is 11.7 Å². The van der Waals surface area contributed by atoms with Gasteiger partial charge in [0.15, 0.2) is 5.78 Å². The standard InChI is InChI=1S/C21H22ClNO2/c1-13-3-4-14(2)18(11-13)20(24)9-10-21(25)23-19-8-5-15-12-16(22)6-7-17(15)19/h3-4,6-7,11-12,19H,5,8-10H2,1-2H3,(H,23,25). The fourth-order valence-corrected chi connectivity index (χ4v) is 3.60. The fraction of sp³-hybridized carbons (Fsp3) is 0.333. The Morgan fingerprint density at radius 1 is 1.12 bits per heavy atom. The first-order valence-corrected chi connectivity index (χ1v) is 9.00. The van der Waals surface area contributed by atoms with Gasteiger partial charge in [0.2, 0.25) is 5.91 Å². The molecule has 0 aliphatic heterocycles. The summed E-state index contributed by atoms with van der Waals surface area (Å²) < 4.78 is 0. The van der Waals surface area contributed by atoms with E-state index in [0.717, 1.165) is 34.6 Å². The highest BCUT2D eigenvalue weighted by molar-refractivity contribution is 6.30. The van der Waals surface area contributed by atoms with Crippen LogP contribution in [0.3, 0.4) is 0 Å². The highest BCUT2D eigenvalue weighted by Gasteiger charge is 2.24. The van der Waals surface area contributed by atoms with Crippen LogP contribution >= 0.6 is 11.6 Å². The number of halogens is 1. The predicted molar refractivity (Wildman–Crippen MR) is 100 cm³/mol. The minimum Gasteiger partial charge on any atom is -0.349 e. The largest absolute Gasteiger partial charge is 0.349 e. The minimum atomic E-state index is -0.0774. The van der Waals surface area contributed by atoms with E-state index in [9.17, 15) is 9.59 Å². The maximum Gasteiger partial charge on any atom is 0.220 e. The van der Waals surface area contributed by atoms with Gasteiger partial charge in [0.05, 0.1) is 6.04 Å². The Hall–Kier alpha value is -2.13. The van der Waals surface area contributed by atoms with Gasteiger partial charge in [0.1, 0.15) is 0 Å². The van der Waals surface area contributed by atoms with Gasteiger partial charge < -0.3 is 5.32 Å². The number of Topliss-reactive ketones (excluding diaryl/α,β-unsaturated/α-hetero) is 1. The Morgan fingerprint density at radius 3 is 2.72 bits per heavy atom. The lowest BCUT2D eigenvalue weighted by atomic mass is 9.99. The number of amides is 1. The van der Waals surface area contributed by atoms with E-state index in [1.807, 2.05) is 50.2 Å². The Bertz CT molecular complexity index is 829. The van der Waals surface area contributed by atoms with Gasteiger partial charge in [-0.15, -0.1) is 0 Å². The molecule has 0 bridgehead atoms. The molecule has 2 aromatic rings. The second-order valence-electron chi connectivity index (χ2n) is 6.74. The highest BCUT2D eigenvalue weighted by Crippen LogP contribution is 2.32. The van der Waals surface area contributed by atoms with Crippen LogP contribution in [0.4, 0.5) is 0 Å². The van der Waals surface area contributed by atoms with Crippen LogP contribution in [0.15, 0.2) is 36.4 Å². The maximum absolute atomic E-state index is 12.4. The molecule has 1 N–H and O–H groups in total. The van der Waals surface area contributed by atoms with Crippen LogP contribution in [0.5, 0.6) is 0 Å². The number of aryl methyl sites for hydroxylation is 3. The number of ketones is 1. The first-order valence-electron chi connectivity index (χ1n) is 8.62. The topological polar surface area (TPSA) is 46.2 Å². The van der Waals surface area contributed by atoms with Crippen molar-refractivity contribution >= 4 is 23.3 Å². The molecular weight excluding hydrogens is 334 g/mol. The van der Waals surface area contributed by atoms with E-state index in [-0.39, 0.29) is 30.6 Å². The number of carbonyl (C=O) groups excluding carboxylic acids is 2. The maximum atomic E-state index is 12.4. The molecule has 25 heavy (non-hydrogen) atoms. The summed E-state index contributed by atoms with van der Waals surface area (Å²) in [5.41, 5.74) is 5.06. The third-order valence-electron chi connectivity index (χ3n) is 4.79. The predicted octanol–water partition coefficient (Wildman–Crippen LogP) is 4.72. The molecule has 0 heterocycles. The van der Waals surface area contributed by atoms with Gasteiger partial charge in [-0.1, -0.05) is 35.4 Å². The molecule has 3 nitrogen and oxygen atoms in total. The smallest absolute Gasteiger partial charge is 0.220 e. The first-order chi connectivity index (χ1) is 11.9. The van der Waals surface area contributed by atoms with Crippen molar-refractivity contribution < 1.29 is 9.59 Å². The molecule has 0 aromatic heterocycles. The van der Waals surface area contributed by atoms with Gasteiger partial charge in [-0.05, 0) is 61.6 Å². The summed E-state index contributed by atoms with van der Waals surface area (Å²) in [7, 11) is 0. The van der Waals surface area contributed by atoms with Gasteiger partial charge in [-0.2, -0.15) is 0 Å². The SMILES string of the molecule is Cc1ccc(C)c(C(=O)CCC(=O)NC2CCc3cc(Cl)ccc32)c1. The van der Waals surface area contributed by atoms with E-state index in [2.05, 4.69) is 5.32 Å². The molecule has 4 heteroatoms. The average molecular weight is 356 g/mol. The zero-order chi connectivity index (χ0) is 18.0. The summed E-state index contributed by atoms with van der Waals surface area (Å²) in [6.07, 6.45) is 2.25. The molecule has 0 saturated carbocycles. The lowest BCUT2D eigenvalue weighted by Crippen LogP contribution is -2.27. The molecule has 1 unspecified atom stereocenters. The van der Waals surface area contributed by atoms with Gasteiger partial charge in [-0.25, -0.2) is 0 Å². The number of rotatable bonds is 5. The Labute approximate surface area is 153 Å². The molecule has 0 spiro atoms. The van der Waals surface area contributed by atoms with Crippen molar-refractivity contribution in [2.45, 2.75) is 45.6 Å². The number of fused-ring (bicyclic) bond motifs is 1. The lowest BCUT2D eigenvalue weighted by molar-refractivity contribution is -0.121. The zero-order valence-electron chi connectivity index (χ0n) is 14.6. The third kappa shape index (κ3) is 4.10. The van der Waals surface area contributed by atoms with Crippen molar-refractivity contribution in [3.63, 3.8) is 0 Å². The molecule has 130 valence electrons. The molecule has 1 aliphatic carbocycles. The normalized spacial score (nSPS) is 15.7. The van der Waals surface area contributed by atoms with Crippen LogP contribution in [-0.2, 0) is 11.2 Å². The number of carbonyl (C=O) groups is 2. The summed E-state index contributed by atoms with van der Waals surface area (Å²) in [6.45, 7) is 3.89. The van der Waals surface area contributed by atoms with Crippen molar-refractivity contribution in [2.24, 2.45) is 0 Å². The van der Waals surface area contributed by atoms with Crippen LogP contribution < -0.4 is 5.32 Å². The summed E-state index contributed by atoms with van der Waals surface area (Å²) in [5.74, 6) is -0.0542. The van der Waals surface area contributed by atoms with E-state index in [1.54, 1.807) is 0 Å². The molecular formula is C21H22ClNO2. The molecule has 1 aliphatic rings. The van der Waals surface area contributed by atoms with E-state index >= 15 is 0 Å². The summed E-state index contributed by atoms with van der Waals surface area (Å²) >= 11 is 6.02. The zero-order valence-corrected chi connectivity index (χ0v) is 15.3. The number of benzene rings is 2. The molecule has 3 rings (SSSR count). The van der Waals surface area contributed by atoms with Crippen LogP contribution in [0, 0.1) is 13.8 Å². The third-order valence-corrected chi connectivity index (χ3v) is 5.03. The number of hydrogen-bond acceptors (Lipinski definition) is 2. The molecule has 0 saturated heterocycles. The molecule has 2 aromatic carbocycles. The molecule has 0 radical (unpaired) electrons. The van der Waals surface area contributed by atoms with Gasteiger partial charge in [0.25, 0.3) is 0 Å². The van der Waals surface area contributed by atoms with E-state index in [4.69, 9.17) is 11.6 Å². The molecule has 1 amide bonds. The van der Waals surface area contributed by atoms with Crippen molar-refractivity contribution in [2.75, 3.05) is 0 Å². The van der Waals surface area contributed by atoms with Gasteiger partial charge >= 0.3 is 0 Å². The second-order valence-corrected chi connectivity index (χ2v) is 7.18. The van der Waals surface area contributed by atoms with Crippen molar-refractivity contribution in [1.29, 1.82) is 0 Å². The fourth-order valence-electron chi connectivity index (χ4n) is 3.40. The summed E-state index contributed by atoms with van der Waals surface area (Å²) in [4.78, 5) is 24.7. The monoisotopic (exact) mass is 355 g/mol. The number of hydrogen-bond donors (Lipinski definition) is 1. The van der Waals surface area contributed by atoms with Gasteiger partial charge in [0, 0.05) is 23.4 Å². The van der Waals surface area contributed by atoms with Crippen LogP contribution in [0.2, 0.25) is 5.02 Å². The number of nitrogens with one attached hydrogen (secondary N) is 1. The minimum absolute atomic E-state index is 0.0231. The summed E-state index contributed by atoms with van der Waals surface area (Å²) in [6, 6.07) is 11.7. The van der Waals surface area contributed by atoms with E-state index < -0.39 is 0 Å². The van der Waals surface area contributed by atoms with Crippen molar-refractivity contribution in [3.8, 4) is 0 Å². The molecule has 1 atom stereocenters. The van der Waals surface area contributed by atoms with Crippen molar-refractivity contribution in [3.05, 3.63) is 69.2 Å². The summed E-state index contributed by atoms with van der Waals surface area (Å²) in [5, 5.41) is 3.78. The average Bonchev–Trinajstić information content (AvgIpc) is 2.96. The Kier molecular flexibility index (Phi) is 5.24. The van der Waals surface area contributed by atoms with Crippen LogP contribution in [0.25, 0.3) is 0 Å². The van der Waals surface area contributed by atoms with E-state index in [0.29, 0.717) is 5.56 Å². The van der Waals surface area contributed by atoms with Crippen LogP contribution in [0.1, 0.15) is 57.9 Å². The Balaban J connectivity index is 1.57. The quantitative estimate of drug-likeness (QED) is 0.788. The Morgan fingerprint density at radius 2 is 1.92 bits per heavy atom.